The topological polar surface area (TPSA) is 61.8 Å². The molecule has 0 atom stereocenters. The lowest BCUT2D eigenvalue weighted by molar-refractivity contribution is -0.133. The molecule has 0 spiro atoms. The largest absolute Gasteiger partial charge is 0.462 e. The smallest absolute Gasteiger partial charge is 0.338 e. The lowest BCUT2D eigenvalue weighted by Gasteiger charge is -2.09. The number of halogens is 1. The van der Waals surface area contributed by atoms with Gasteiger partial charge in [-0.05, 0) is 53.9 Å². The summed E-state index contributed by atoms with van der Waals surface area (Å²) in [6.07, 6.45) is 3.44. The summed E-state index contributed by atoms with van der Waals surface area (Å²) in [5.74, 6) is -0.592. The van der Waals surface area contributed by atoms with Gasteiger partial charge in [-0.15, -0.1) is 0 Å². The van der Waals surface area contributed by atoms with Gasteiger partial charge in [0.15, 0.2) is 0 Å². The highest BCUT2D eigenvalue weighted by Crippen LogP contribution is 2.30. The van der Waals surface area contributed by atoms with Crippen LogP contribution in [-0.4, -0.2) is 11.9 Å². The van der Waals surface area contributed by atoms with E-state index in [1.54, 1.807) is 61.5 Å². The van der Waals surface area contributed by atoms with Crippen LogP contribution in [0, 0.1) is 5.82 Å². The van der Waals surface area contributed by atoms with Gasteiger partial charge in [-0.25, -0.2) is 14.0 Å². The zero-order chi connectivity index (χ0) is 23.8. The third-order valence-corrected chi connectivity index (χ3v) is 4.49. The Morgan fingerprint density at radius 3 is 2.06 bits per heavy atom. The number of esters is 2. The van der Waals surface area contributed by atoms with Crippen molar-refractivity contribution < 1.29 is 28.2 Å². The second kappa shape index (κ2) is 10.7. The van der Waals surface area contributed by atoms with E-state index in [0.717, 1.165) is 17.9 Å². The van der Waals surface area contributed by atoms with Crippen LogP contribution in [0.1, 0.15) is 6.92 Å². The summed E-state index contributed by atoms with van der Waals surface area (Å²) in [6.45, 7) is 8.37. The van der Waals surface area contributed by atoms with E-state index in [2.05, 4.69) is 13.2 Å². The number of hydrogen-bond donors (Lipinski definition) is 0. The molecule has 0 saturated heterocycles. The molecule has 6 heteroatoms. The summed E-state index contributed by atoms with van der Waals surface area (Å²) in [5, 5.41) is 0. The first-order valence-electron chi connectivity index (χ1n) is 9.90. The number of ether oxygens (including phenoxy) is 3. The van der Waals surface area contributed by atoms with Gasteiger partial charge in [0.1, 0.15) is 29.8 Å². The predicted molar refractivity (Wildman–Crippen MR) is 124 cm³/mol. The van der Waals surface area contributed by atoms with Gasteiger partial charge in [-0.2, -0.15) is 0 Å². The molecule has 0 unspecified atom stereocenters. The zero-order valence-electron chi connectivity index (χ0n) is 17.9. The molecule has 3 aromatic carbocycles. The van der Waals surface area contributed by atoms with Gasteiger partial charge in [0.2, 0.25) is 0 Å². The standard InChI is InChI=1S/C27H21FO5/c1-4-26(29)33-23-12-5-19(6-13-23)21-9-14-24(25(28)17-21)20-7-10-22(11-8-20)31-15-16-32-27(30)18(2)3/h4-17H,1-2H2,3H3/b16-15-. The fraction of sp³-hybridized carbons (Fsp3) is 0.0370. The first-order chi connectivity index (χ1) is 15.9. The van der Waals surface area contributed by atoms with Gasteiger partial charge < -0.3 is 14.2 Å². The van der Waals surface area contributed by atoms with Crippen LogP contribution < -0.4 is 9.47 Å². The Morgan fingerprint density at radius 1 is 0.848 bits per heavy atom. The van der Waals surface area contributed by atoms with Crippen molar-refractivity contribution in [3.05, 3.63) is 110 Å². The van der Waals surface area contributed by atoms with Gasteiger partial charge in [0.05, 0.1) is 0 Å². The van der Waals surface area contributed by atoms with Gasteiger partial charge in [-0.3, -0.25) is 0 Å². The SMILES string of the molecule is C=CC(=O)Oc1ccc(-c2ccc(-c3ccc(O/C=C\OC(=O)C(=C)C)cc3)c(F)c2)cc1. The van der Waals surface area contributed by atoms with Crippen LogP contribution in [0.4, 0.5) is 4.39 Å². The third-order valence-electron chi connectivity index (χ3n) is 4.49. The molecule has 0 radical (unpaired) electrons. The number of hydrogen-bond acceptors (Lipinski definition) is 5. The summed E-state index contributed by atoms with van der Waals surface area (Å²) in [4.78, 5) is 22.5. The van der Waals surface area contributed by atoms with Gasteiger partial charge in [0.25, 0.3) is 0 Å². The van der Waals surface area contributed by atoms with Crippen molar-refractivity contribution >= 4 is 11.9 Å². The molecular weight excluding hydrogens is 423 g/mol. The average Bonchev–Trinajstić information content (AvgIpc) is 2.82. The van der Waals surface area contributed by atoms with Crippen LogP contribution >= 0.6 is 0 Å². The molecule has 166 valence electrons. The van der Waals surface area contributed by atoms with E-state index >= 15 is 0 Å². The summed E-state index contributed by atoms with van der Waals surface area (Å²) in [5.41, 5.74) is 2.86. The molecule has 0 saturated carbocycles. The Balaban J connectivity index is 1.67. The maximum atomic E-state index is 14.8. The van der Waals surface area contributed by atoms with Crippen molar-refractivity contribution in [1.82, 2.24) is 0 Å². The molecule has 0 N–H and O–H groups in total. The molecular formula is C27H21FO5. The highest BCUT2D eigenvalue weighted by Gasteiger charge is 2.09. The molecule has 0 aliphatic rings. The maximum Gasteiger partial charge on any atom is 0.338 e. The van der Waals surface area contributed by atoms with E-state index in [0.29, 0.717) is 28.2 Å². The number of rotatable bonds is 8. The van der Waals surface area contributed by atoms with Crippen molar-refractivity contribution in [2.24, 2.45) is 0 Å². The lowest BCUT2D eigenvalue weighted by Crippen LogP contribution is -2.02. The van der Waals surface area contributed by atoms with Crippen molar-refractivity contribution in [2.45, 2.75) is 6.92 Å². The first-order valence-corrected chi connectivity index (χ1v) is 9.90. The van der Waals surface area contributed by atoms with Crippen LogP contribution in [0.5, 0.6) is 11.5 Å². The van der Waals surface area contributed by atoms with Gasteiger partial charge in [0, 0.05) is 17.2 Å². The maximum absolute atomic E-state index is 14.8. The Bertz CT molecular complexity index is 1210. The van der Waals surface area contributed by atoms with E-state index < -0.39 is 11.9 Å². The molecule has 0 aliphatic heterocycles. The average molecular weight is 444 g/mol. The number of carbonyl (C=O) groups is 2. The molecule has 0 bridgehead atoms. The van der Waals surface area contributed by atoms with Crippen molar-refractivity contribution in [2.75, 3.05) is 0 Å². The molecule has 0 aromatic heterocycles. The fourth-order valence-corrected chi connectivity index (χ4v) is 2.81. The molecule has 0 aliphatic carbocycles. The number of benzene rings is 3. The zero-order valence-corrected chi connectivity index (χ0v) is 17.9. The van der Waals surface area contributed by atoms with Gasteiger partial charge >= 0.3 is 11.9 Å². The van der Waals surface area contributed by atoms with Crippen LogP contribution in [0.2, 0.25) is 0 Å². The van der Waals surface area contributed by atoms with E-state index in [1.165, 1.54) is 12.3 Å². The van der Waals surface area contributed by atoms with E-state index in [9.17, 15) is 14.0 Å². The molecule has 0 fully saturated rings. The molecule has 0 heterocycles. The van der Waals surface area contributed by atoms with E-state index in [-0.39, 0.29) is 11.4 Å². The van der Waals surface area contributed by atoms with Crippen molar-refractivity contribution in [3.8, 4) is 33.8 Å². The Morgan fingerprint density at radius 2 is 1.45 bits per heavy atom. The molecule has 3 rings (SSSR count). The molecule has 3 aromatic rings. The second-order valence-corrected chi connectivity index (χ2v) is 6.94. The van der Waals surface area contributed by atoms with E-state index in [1.807, 2.05) is 6.07 Å². The Hall–Kier alpha value is -4.45. The Labute approximate surface area is 191 Å². The summed E-state index contributed by atoms with van der Waals surface area (Å²) < 4.78 is 30.0. The lowest BCUT2D eigenvalue weighted by atomic mass is 9.99. The number of carbonyl (C=O) groups excluding carboxylic acids is 2. The fourth-order valence-electron chi connectivity index (χ4n) is 2.81. The second-order valence-electron chi connectivity index (χ2n) is 6.94. The highest BCUT2D eigenvalue weighted by atomic mass is 19.1. The molecule has 5 nitrogen and oxygen atoms in total. The van der Waals surface area contributed by atoms with Crippen LogP contribution in [-0.2, 0) is 14.3 Å². The van der Waals surface area contributed by atoms with Gasteiger partial charge in [-0.1, -0.05) is 49.6 Å². The van der Waals surface area contributed by atoms with E-state index in [4.69, 9.17) is 14.2 Å². The monoisotopic (exact) mass is 444 g/mol. The summed E-state index contributed by atoms with van der Waals surface area (Å²) in [7, 11) is 0. The first kappa shape index (κ1) is 23.2. The third kappa shape index (κ3) is 6.27. The molecule has 0 amide bonds. The minimum absolute atomic E-state index is 0.281. The summed E-state index contributed by atoms with van der Waals surface area (Å²) >= 11 is 0. The minimum atomic E-state index is -0.545. The van der Waals surface area contributed by atoms with Crippen molar-refractivity contribution in [3.63, 3.8) is 0 Å². The summed E-state index contributed by atoms with van der Waals surface area (Å²) in [6, 6.07) is 18.5. The quantitative estimate of drug-likeness (QED) is 0.179. The normalized spacial score (nSPS) is 10.5. The van der Waals surface area contributed by atoms with Crippen LogP contribution in [0.3, 0.4) is 0 Å². The highest BCUT2D eigenvalue weighted by molar-refractivity contribution is 5.87. The Kier molecular flexibility index (Phi) is 7.55. The predicted octanol–water partition coefficient (Wildman–Crippen LogP) is 6.22. The van der Waals surface area contributed by atoms with Crippen LogP contribution in [0.25, 0.3) is 22.3 Å². The van der Waals surface area contributed by atoms with Crippen LogP contribution in [0.15, 0.2) is 104 Å². The molecule has 33 heavy (non-hydrogen) atoms. The van der Waals surface area contributed by atoms with Crippen molar-refractivity contribution in [1.29, 1.82) is 0 Å². The minimum Gasteiger partial charge on any atom is -0.462 e.